The van der Waals surface area contributed by atoms with E-state index >= 15 is 0 Å². The first kappa shape index (κ1) is 17.5. The van der Waals surface area contributed by atoms with Crippen molar-refractivity contribution in [1.29, 1.82) is 0 Å². The Balaban J connectivity index is 1.75. The van der Waals surface area contributed by atoms with Crippen molar-refractivity contribution < 1.29 is 23.8 Å². The summed E-state index contributed by atoms with van der Waals surface area (Å²) in [6, 6.07) is 5.57. The lowest BCUT2D eigenvalue weighted by Crippen LogP contribution is -2.43. The average Bonchev–Trinajstić information content (AvgIpc) is 2.99. The van der Waals surface area contributed by atoms with Crippen molar-refractivity contribution in [2.75, 3.05) is 46.7 Å². The second-order valence-corrected chi connectivity index (χ2v) is 6.78. The monoisotopic (exact) mass is 348 g/mol. The van der Waals surface area contributed by atoms with Gasteiger partial charge in [0.1, 0.15) is 19.8 Å². The van der Waals surface area contributed by atoms with Crippen molar-refractivity contribution in [2.45, 2.75) is 19.3 Å². The number of amides is 2. The highest BCUT2D eigenvalue weighted by molar-refractivity contribution is 5.93. The fraction of sp³-hybridized carbons (Fsp3) is 0.556. The Morgan fingerprint density at radius 1 is 1.24 bits per heavy atom. The summed E-state index contributed by atoms with van der Waals surface area (Å²) in [6.07, 6.45) is 0. The van der Waals surface area contributed by atoms with Gasteiger partial charge in [-0.15, -0.1) is 0 Å². The standard InChI is InChI=1S/C18H24N2O5/c1-18(2,13-4-5-14-15(10-13)25-9-8-24-14)17(22)20-11-16(21)19(12-20)6-7-23-3/h4-5,10H,6-9,11-12H2,1-3H3. The molecule has 1 aromatic rings. The summed E-state index contributed by atoms with van der Waals surface area (Å²) in [5.41, 5.74) is 0.0671. The van der Waals surface area contributed by atoms with Crippen molar-refractivity contribution in [3.05, 3.63) is 23.8 Å². The van der Waals surface area contributed by atoms with Gasteiger partial charge in [0.15, 0.2) is 11.5 Å². The quantitative estimate of drug-likeness (QED) is 0.794. The fourth-order valence-corrected chi connectivity index (χ4v) is 3.08. The molecule has 0 radical (unpaired) electrons. The van der Waals surface area contributed by atoms with Gasteiger partial charge in [-0.05, 0) is 31.5 Å². The Kier molecular flexibility index (Phi) is 4.85. The van der Waals surface area contributed by atoms with Crippen molar-refractivity contribution in [3.8, 4) is 11.5 Å². The Labute approximate surface area is 147 Å². The van der Waals surface area contributed by atoms with Crippen LogP contribution in [0, 0.1) is 0 Å². The first-order chi connectivity index (χ1) is 11.9. The van der Waals surface area contributed by atoms with E-state index in [1.807, 2.05) is 32.0 Å². The average molecular weight is 348 g/mol. The predicted molar refractivity (Wildman–Crippen MR) is 90.6 cm³/mol. The van der Waals surface area contributed by atoms with Gasteiger partial charge in [0.25, 0.3) is 0 Å². The highest BCUT2D eigenvalue weighted by Crippen LogP contribution is 2.36. The third-order valence-electron chi connectivity index (χ3n) is 4.67. The van der Waals surface area contributed by atoms with Crippen molar-refractivity contribution in [2.24, 2.45) is 0 Å². The van der Waals surface area contributed by atoms with Crippen molar-refractivity contribution >= 4 is 11.8 Å². The van der Waals surface area contributed by atoms with E-state index in [-0.39, 0.29) is 18.4 Å². The Morgan fingerprint density at radius 2 is 1.96 bits per heavy atom. The van der Waals surface area contributed by atoms with Gasteiger partial charge in [-0.25, -0.2) is 0 Å². The van der Waals surface area contributed by atoms with E-state index < -0.39 is 5.41 Å². The minimum Gasteiger partial charge on any atom is -0.486 e. The van der Waals surface area contributed by atoms with Crippen molar-refractivity contribution in [1.82, 2.24) is 9.80 Å². The molecule has 0 unspecified atom stereocenters. The van der Waals surface area contributed by atoms with Crippen LogP contribution in [0.1, 0.15) is 19.4 Å². The van der Waals surface area contributed by atoms with Crippen LogP contribution in [-0.4, -0.2) is 68.3 Å². The number of hydrogen-bond donors (Lipinski definition) is 0. The summed E-state index contributed by atoms with van der Waals surface area (Å²) in [7, 11) is 1.59. The maximum atomic E-state index is 13.0. The van der Waals surface area contributed by atoms with E-state index in [2.05, 4.69) is 0 Å². The van der Waals surface area contributed by atoms with Gasteiger partial charge < -0.3 is 24.0 Å². The van der Waals surface area contributed by atoms with Crippen LogP contribution in [0.4, 0.5) is 0 Å². The molecular formula is C18H24N2O5. The van der Waals surface area contributed by atoms with Gasteiger partial charge in [0.05, 0.1) is 18.7 Å². The molecule has 1 aromatic carbocycles. The zero-order chi connectivity index (χ0) is 18.0. The van der Waals surface area contributed by atoms with Crippen LogP contribution in [-0.2, 0) is 19.7 Å². The second kappa shape index (κ2) is 6.92. The number of hydrogen-bond acceptors (Lipinski definition) is 5. The normalized spacial score (nSPS) is 17.2. The van der Waals surface area contributed by atoms with Gasteiger partial charge in [-0.1, -0.05) is 6.07 Å². The molecule has 3 rings (SSSR count). The van der Waals surface area contributed by atoms with Crippen LogP contribution >= 0.6 is 0 Å². The van der Waals surface area contributed by atoms with Crippen LogP contribution in [0.15, 0.2) is 18.2 Å². The number of methoxy groups -OCH3 is 1. The third-order valence-corrected chi connectivity index (χ3v) is 4.67. The van der Waals surface area contributed by atoms with Crippen molar-refractivity contribution in [3.63, 3.8) is 0 Å². The molecule has 7 nitrogen and oxygen atoms in total. The number of ether oxygens (including phenoxy) is 3. The topological polar surface area (TPSA) is 68.3 Å². The number of rotatable bonds is 5. The zero-order valence-electron chi connectivity index (χ0n) is 14.9. The molecule has 0 aliphatic carbocycles. The van der Waals surface area contributed by atoms with Crippen LogP contribution in [0.2, 0.25) is 0 Å². The van der Waals surface area contributed by atoms with Gasteiger partial charge in [0.2, 0.25) is 11.8 Å². The summed E-state index contributed by atoms with van der Waals surface area (Å²) >= 11 is 0. The molecule has 1 saturated heterocycles. The highest BCUT2D eigenvalue weighted by Gasteiger charge is 2.39. The molecule has 25 heavy (non-hydrogen) atoms. The van der Waals surface area contributed by atoms with E-state index in [1.54, 1.807) is 16.9 Å². The maximum absolute atomic E-state index is 13.0. The molecule has 2 heterocycles. The van der Waals surface area contributed by atoms with E-state index in [4.69, 9.17) is 14.2 Å². The van der Waals surface area contributed by atoms with E-state index in [1.165, 1.54) is 0 Å². The fourth-order valence-electron chi connectivity index (χ4n) is 3.08. The van der Waals surface area contributed by atoms with Gasteiger partial charge in [-0.3, -0.25) is 9.59 Å². The Morgan fingerprint density at radius 3 is 2.68 bits per heavy atom. The SMILES string of the molecule is COCCN1CN(C(=O)C(C)(C)c2ccc3c(c2)OCCO3)CC1=O. The second-order valence-electron chi connectivity index (χ2n) is 6.78. The minimum atomic E-state index is -0.770. The van der Waals surface area contributed by atoms with Gasteiger partial charge in [0, 0.05) is 13.7 Å². The smallest absolute Gasteiger partial charge is 0.243 e. The first-order valence-electron chi connectivity index (χ1n) is 8.39. The molecule has 1 fully saturated rings. The molecule has 136 valence electrons. The molecule has 2 aliphatic rings. The molecule has 0 atom stereocenters. The number of nitrogens with zero attached hydrogens (tertiary/aromatic N) is 2. The summed E-state index contributed by atoms with van der Waals surface area (Å²) < 4.78 is 16.2. The Bertz CT molecular complexity index is 673. The molecule has 0 N–H and O–H groups in total. The summed E-state index contributed by atoms with van der Waals surface area (Å²) in [5, 5.41) is 0. The van der Waals surface area contributed by atoms with E-state index in [0.29, 0.717) is 44.5 Å². The largest absolute Gasteiger partial charge is 0.486 e. The molecule has 0 bridgehead atoms. The molecule has 0 saturated carbocycles. The maximum Gasteiger partial charge on any atom is 0.243 e. The summed E-state index contributed by atoms with van der Waals surface area (Å²) in [6.45, 7) is 6.11. The highest BCUT2D eigenvalue weighted by atomic mass is 16.6. The lowest BCUT2D eigenvalue weighted by molar-refractivity contribution is -0.136. The molecule has 2 amide bonds. The number of carbonyl (C=O) groups excluding carboxylic acids is 2. The number of fused-ring (bicyclic) bond motifs is 1. The van der Waals surface area contributed by atoms with Crippen LogP contribution in [0.3, 0.4) is 0 Å². The molecular weight excluding hydrogens is 324 g/mol. The lowest BCUT2D eigenvalue weighted by atomic mass is 9.83. The molecule has 0 spiro atoms. The van der Waals surface area contributed by atoms with E-state index in [9.17, 15) is 9.59 Å². The van der Waals surface area contributed by atoms with Crippen LogP contribution in [0.5, 0.6) is 11.5 Å². The van der Waals surface area contributed by atoms with E-state index in [0.717, 1.165) is 5.56 Å². The predicted octanol–water partition coefficient (Wildman–Crippen LogP) is 1.01. The number of carbonyl (C=O) groups is 2. The lowest BCUT2D eigenvalue weighted by Gasteiger charge is -2.30. The van der Waals surface area contributed by atoms with Crippen LogP contribution in [0.25, 0.3) is 0 Å². The zero-order valence-corrected chi connectivity index (χ0v) is 14.9. The first-order valence-corrected chi connectivity index (χ1v) is 8.39. The third kappa shape index (κ3) is 3.42. The number of benzene rings is 1. The summed E-state index contributed by atoms with van der Waals surface area (Å²) in [4.78, 5) is 28.4. The molecule has 0 aromatic heterocycles. The Hall–Kier alpha value is -2.28. The molecule has 2 aliphatic heterocycles. The summed E-state index contributed by atoms with van der Waals surface area (Å²) in [5.74, 6) is 1.21. The van der Waals surface area contributed by atoms with Gasteiger partial charge >= 0.3 is 0 Å². The van der Waals surface area contributed by atoms with Gasteiger partial charge in [-0.2, -0.15) is 0 Å². The minimum absolute atomic E-state index is 0.0524. The van der Waals surface area contributed by atoms with Crippen LogP contribution < -0.4 is 9.47 Å². The molecule has 7 heteroatoms.